The van der Waals surface area contributed by atoms with Gasteiger partial charge in [-0.05, 0) is 60.9 Å². The van der Waals surface area contributed by atoms with Crippen LogP contribution in [0.5, 0.6) is 0 Å². The lowest BCUT2D eigenvalue weighted by molar-refractivity contribution is 0.0990. The highest BCUT2D eigenvalue weighted by molar-refractivity contribution is 7.98. The number of rotatable bonds is 8. The van der Waals surface area contributed by atoms with Crippen LogP contribution in [-0.2, 0) is 21.2 Å². The fourth-order valence-electron chi connectivity index (χ4n) is 4.45. The Labute approximate surface area is 190 Å². The van der Waals surface area contributed by atoms with Crippen LogP contribution in [0.4, 0.5) is 11.4 Å². The van der Waals surface area contributed by atoms with Crippen molar-refractivity contribution in [3.05, 3.63) is 48.0 Å². The molecule has 0 unspecified atom stereocenters. The van der Waals surface area contributed by atoms with Gasteiger partial charge in [-0.1, -0.05) is 32.9 Å². The predicted octanol–water partition coefficient (Wildman–Crippen LogP) is 4.80. The van der Waals surface area contributed by atoms with Gasteiger partial charge >= 0.3 is 0 Å². The number of anilines is 2. The molecule has 5 nitrogen and oxygen atoms in total. The van der Waals surface area contributed by atoms with Gasteiger partial charge in [0, 0.05) is 18.0 Å². The van der Waals surface area contributed by atoms with Gasteiger partial charge in [0.1, 0.15) is 0 Å². The molecule has 2 fully saturated rings. The number of thioether (sulfide) groups is 1. The van der Waals surface area contributed by atoms with Crippen molar-refractivity contribution in [1.29, 1.82) is 0 Å². The molecule has 2 saturated heterocycles. The summed E-state index contributed by atoms with van der Waals surface area (Å²) in [6.07, 6.45) is 4.30. The summed E-state index contributed by atoms with van der Waals surface area (Å²) in [6, 6.07) is 13.9. The molecule has 168 valence electrons. The highest BCUT2D eigenvalue weighted by Gasteiger charge is 2.40. The van der Waals surface area contributed by atoms with Gasteiger partial charge in [-0.2, -0.15) is 0 Å². The first-order valence-electron chi connectivity index (χ1n) is 11.0. The van der Waals surface area contributed by atoms with E-state index in [2.05, 4.69) is 11.8 Å². The summed E-state index contributed by atoms with van der Waals surface area (Å²) in [7, 11) is -3.68. The minimum atomic E-state index is -3.68. The lowest BCUT2D eigenvalue weighted by Gasteiger charge is -2.31. The zero-order valence-electron chi connectivity index (χ0n) is 18.7. The van der Waals surface area contributed by atoms with Crippen molar-refractivity contribution in [2.24, 2.45) is 5.92 Å². The maximum atomic E-state index is 13.7. The Balaban J connectivity index is 1.69. The van der Waals surface area contributed by atoms with E-state index in [0.29, 0.717) is 23.6 Å². The molecule has 0 amide bonds. The maximum Gasteiger partial charge on any atom is 0.264 e. The Kier molecular flexibility index (Phi) is 6.56. The fraction of sp³-hybridized carbons (Fsp3) is 0.500. The third kappa shape index (κ3) is 4.45. The molecular weight excluding hydrogens is 428 g/mol. The maximum absolute atomic E-state index is 13.7. The van der Waals surface area contributed by atoms with Crippen molar-refractivity contribution in [2.75, 3.05) is 35.2 Å². The van der Waals surface area contributed by atoms with Crippen molar-refractivity contribution < 1.29 is 13.2 Å². The average molecular weight is 461 g/mol. The molecule has 0 aromatic heterocycles. The van der Waals surface area contributed by atoms with E-state index >= 15 is 0 Å². The molecule has 2 aromatic carbocycles. The van der Waals surface area contributed by atoms with Crippen LogP contribution in [0.1, 0.15) is 32.8 Å². The van der Waals surface area contributed by atoms with Gasteiger partial charge in [-0.15, -0.1) is 11.8 Å². The van der Waals surface area contributed by atoms with Crippen LogP contribution in [0.2, 0.25) is 0 Å². The van der Waals surface area contributed by atoms with E-state index in [0.717, 1.165) is 42.3 Å². The van der Waals surface area contributed by atoms with Crippen molar-refractivity contribution >= 4 is 33.2 Å². The van der Waals surface area contributed by atoms with E-state index < -0.39 is 10.0 Å². The summed E-state index contributed by atoms with van der Waals surface area (Å²) >= 11 is 1.60. The topological polar surface area (TPSA) is 49.9 Å². The van der Waals surface area contributed by atoms with Crippen molar-refractivity contribution in [2.45, 2.75) is 55.5 Å². The molecule has 2 aliphatic heterocycles. The minimum Gasteiger partial charge on any atom is -0.374 e. The highest BCUT2D eigenvalue weighted by atomic mass is 32.2. The summed E-state index contributed by atoms with van der Waals surface area (Å²) in [5.41, 5.74) is 3.03. The summed E-state index contributed by atoms with van der Waals surface area (Å²) in [4.78, 5) is 3.73. The van der Waals surface area contributed by atoms with Gasteiger partial charge in [0.05, 0.1) is 35.0 Å². The van der Waals surface area contributed by atoms with Crippen LogP contribution >= 0.6 is 11.8 Å². The molecule has 4 rings (SSSR count). The number of hydrogen-bond donors (Lipinski definition) is 0. The summed E-state index contributed by atoms with van der Waals surface area (Å²) in [5.74, 6) is 0.208. The SMILES string of the molecule is CCc1ccc(N(CC(C)C)S(=O)(=O)c2ccc(N3C[C@H]4C[C@@H]3CO4)c(SC)c2)cc1. The molecule has 2 heterocycles. The Bertz CT molecular complexity index is 1020. The normalized spacial score (nSPS) is 20.6. The lowest BCUT2D eigenvalue weighted by atomic mass is 10.1. The first-order chi connectivity index (χ1) is 14.8. The van der Waals surface area contributed by atoms with Crippen molar-refractivity contribution in [1.82, 2.24) is 0 Å². The minimum absolute atomic E-state index is 0.208. The Morgan fingerprint density at radius 2 is 1.94 bits per heavy atom. The van der Waals surface area contributed by atoms with E-state index in [4.69, 9.17) is 4.74 Å². The van der Waals surface area contributed by atoms with Crippen LogP contribution in [0, 0.1) is 5.92 Å². The van der Waals surface area contributed by atoms with E-state index in [1.807, 2.05) is 56.5 Å². The predicted molar refractivity (Wildman–Crippen MR) is 129 cm³/mol. The Hall–Kier alpha value is -1.70. The molecule has 2 aromatic rings. The monoisotopic (exact) mass is 460 g/mol. The van der Waals surface area contributed by atoms with Crippen LogP contribution < -0.4 is 9.21 Å². The summed E-state index contributed by atoms with van der Waals surface area (Å²) in [6.45, 7) is 8.27. The van der Waals surface area contributed by atoms with Crippen LogP contribution in [-0.4, -0.2) is 46.5 Å². The molecular formula is C24H32N2O3S2. The lowest BCUT2D eigenvalue weighted by Crippen LogP contribution is -2.37. The highest BCUT2D eigenvalue weighted by Crippen LogP contribution is 2.39. The first-order valence-corrected chi connectivity index (χ1v) is 13.7. The molecule has 2 bridgehead atoms. The second-order valence-corrected chi connectivity index (χ2v) is 11.5. The third-order valence-corrected chi connectivity index (χ3v) is 8.67. The molecule has 2 aliphatic rings. The van der Waals surface area contributed by atoms with Crippen LogP contribution in [0.25, 0.3) is 0 Å². The van der Waals surface area contributed by atoms with Gasteiger partial charge < -0.3 is 9.64 Å². The third-order valence-electron chi connectivity index (χ3n) is 6.11. The van der Waals surface area contributed by atoms with E-state index in [1.165, 1.54) is 5.56 Å². The van der Waals surface area contributed by atoms with Gasteiger partial charge in [-0.3, -0.25) is 4.31 Å². The van der Waals surface area contributed by atoms with Gasteiger partial charge in [-0.25, -0.2) is 8.42 Å². The molecule has 0 saturated carbocycles. The molecule has 0 radical (unpaired) electrons. The van der Waals surface area contributed by atoms with Crippen molar-refractivity contribution in [3.63, 3.8) is 0 Å². The number of hydrogen-bond acceptors (Lipinski definition) is 5. The standard InChI is InChI=1S/C24H32N2O3S2/c1-5-18-6-8-19(9-7-18)26(14-17(2)3)31(27,28)22-10-11-23(24(13-22)30-4)25-15-21-12-20(25)16-29-21/h6-11,13,17,20-21H,5,12,14-16H2,1-4H3/t20-,21-/m1/s1. The van der Waals surface area contributed by atoms with Gasteiger partial charge in [0.15, 0.2) is 0 Å². The zero-order chi connectivity index (χ0) is 22.2. The first kappa shape index (κ1) is 22.5. The average Bonchev–Trinajstić information content (AvgIpc) is 3.40. The van der Waals surface area contributed by atoms with E-state index in [9.17, 15) is 8.42 Å². The smallest absolute Gasteiger partial charge is 0.264 e. The van der Waals surface area contributed by atoms with Gasteiger partial charge in [0.2, 0.25) is 0 Å². The number of sulfonamides is 1. The molecule has 0 spiro atoms. The number of aryl methyl sites for hydroxylation is 1. The number of ether oxygens (including phenoxy) is 1. The largest absolute Gasteiger partial charge is 0.374 e. The van der Waals surface area contributed by atoms with Crippen molar-refractivity contribution in [3.8, 4) is 0 Å². The Morgan fingerprint density at radius 3 is 2.48 bits per heavy atom. The number of morpholine rings is 1. The molecule has 0 aliphatic carbocycles. The second kappa shape index (κ2) is 9.04. The molecule has 7 heteroatoms. The quantitative estimate of drug-likeness (QED) is 0.530. The number of fused-ring (bicyclic) bond motifs is 2. The second-order valence-electron chi connectivity index (χ2n) is 8.78. The molecule has 0 N–H and O–H groups in total. The van der Waals surface area contributed by atoms with E-state index in [-0.39, 0.29) is 5.92 Å². The molecule has 31 heavy (non-hydrogen) atoms. The number of nitrogens with zero attached hydrogens (tertiary/aromatic N) is 2. The summed E-state index contributed by atoms with van der Waals surface area (Å²) < 4.78 is 34.8. The fourth-order valence-corrected chi connectivity index (χ4v) is 6.82. The molecule has 2 atom stereocenters. The summed E-state index contributed by atoms with van der Waals surface area (Å²) in [5, 5.41) is 0. The van der Waals surface area contributed by atoms with Crippen LogP contribution in [0.15, 0.2) is 52.3 Å². The zero-order valence-corrected chi connectivity index (χ0v) is 20.4. The van der Waals surface area contributed by atoms with Crippen LogP contribution in [0.3, 0.4) is 0 Å². The van der Waals surface area contributed by atoms with Gasteiger partial charge in [0.25, 0.3) is 10.0 Å². The number of benzene rings is 2. The van der Waals surface area contributed by atoms with E-state index in [1.54, 1.807) is 22.1 Å². The Morgan fingerprint density at radius 1 is 1.19 bits per heavy atom.